The topological polar surface area (TPSA) is 105 Å². The second-order valence-electron chi connectivity index (χ2n) is 3.71. The smallest absolute Gasteiger partial charge is 0.374 e. The van der Waals surface area contributed by atoms with Gasteiger partial charge in [0.1, 0.15) is 0 Å². The molecule has 2 aromatic rings. The molecule has 2 aromatic heterocycles. The van der Waals surface area contributed by atoms with Crippen LogP contribution in [-0.4, -0.2) is 33.7 Å². The summed E-state index contributed by atoms with van der Waals surface area (Å²) in [5, 5.41) is 14.6. The average Bonchev–Trinajstić information content (AvgIpc) is 2.89. The van der Waals surface area contributed by atoms with Crippen molar-refractivity contribution in [2.24, 2.45) is 0 Å². The number of nitrogens with zero attached hydrogens (tertiary/aromatic N) is 2. The molecule has 7 heteroatoms. The van der Waals surface area contributed by atoms with Gasteiger partial charge >= 0.3 is 5.97 Å². The van der Waals surface area contributed by atoms with Gasteiger partial charge in [-0.15, -0.1) is 0 Å². The van der Waals surface area contributed by atoms with Gasteiger partial charge in [0.25, 0.3) is 5.91 Å². The van der Waals surface area contributed by atoms with Crippen molar-refractivity contribution in [1.29, 1.82) is 0 Å². The number of nitrogens with one attached hydrogen (secondary N) is 1. The molecule has 1 amide bonds. The molecule has 0 aromatic carbocycles. The third-order valence-corrected chi connectivity index (χ3v) is 2.35. The van der Waals surface area contributed by atoms with Crippen molar-refractivity contribution in [1.82, 2.24) is 15.5 Å². The maximum Gasteiger partial charge on any atom is 0.374 e. The van der Waals surface area contributed by atoms with Gasteiger partial charge in [0.05, 0.1) is 0 Å². The van der Waals surface area contributed by atoms with Crippen molar-refractivity contribution < 1.29 is 19.2 Å². The zero-order chi connectivity index (χ0) is 13.7. The van der Waals surface area contributed by atoms with E-state index >= 15 is 0 Å². The van der Waals surface area contributed by atoms with Crippen LogP contribution in [-0.2, 0) is 6.42 Å². The highest BCUT2D eigenvalue weighted by molar-refractivity contribution is 5.94. The van der Waals surface area contributed by atoms with Crippen LogP contribution in [0.4, 0.5) is 0 Å². The van der Waals surface area contributed by atoms with Crippen LogP contribution in [0, 0.1) is 0 Å². The summed E-state index contributed by atoms with van der Waals surface area (Å²) in [6, 6.07) is 6.61. The number of aromatic nitrogens is 2. The van der Waals surface area contributed by atoms with E-state index in [-0.39, 0.29) is 11.5 Å². The molecule has 0 aliphatic rings. The van der Waals surface area contributed by atoms with Gasteiger partial charge in [-0.3, -0.25) is 9.78 Å². The number of pyridine rings is 1. The van der Waals surface area contributed by atoms with E-state index in [1.165, 1.54) is 0 Å². The Morgan fingerprint density at radius 3 is 2.84 bits per heavy atom. The second-order valence-corrected chi connectivity index (χ2v) is 3.71. The fourth-order valence-electron chi connectivity index (χ4n) is 1.42. The Labute approximate surface area is 108 Å². The molecule has 0 atom stereocenters. The summed E-state index contributed by atoms with van der Waals surface area (Å²) in [6.07, 6.45) is 2.25. The number of hydrogen-bond donors (Lipinski definition) is 2. The maximum absolute atomic E-state index is 11.6. The Hall–Kier alpha value is -2.70. The van der Waals surface area contributed by atoms with Crippen LogP contribution in [0.1, 0.15) is 26.7 Å². The lowest BCUT2D eigenvalue weighted by Crippen LogP contribution is -2.26. The van der Waals surface area contributed by atoms with Crippen molar-refractivity contribution in [3.05, 3.63) is 47.6 Å². The molecule has 0 aliphatic heterocycles. The summed E-state index contributed by atoms with van der Waals surface area (Å²) in [4.78, 5) is 26.3. The number of hydrogen-bond acceptors (Lipinski definition) is 5. The van der Waals surface area contributed by atoms with Crippen LogP contribution >= 0.6 is 0 Å². The second kappa shape index (κ2) is 5.76. The fraction of sp³-hybridized carbons (Fsp3) is 0.167. The maximum atomic E-state index is 11.6. The molecule has 0 radical (unpaired) electrons. The molecule has 0 aliphatic carbocycles. The summed E-state index contributed by atoms with van der Waals surface area (Å²) in [5.41, 5.74) is 0.799. The van der Waals surface area contributed by atoms with Crippen molar-refractivity contribution in [3.8, 4) is 0 Å². The molecule has 7 nitrogen and oxygen atoms in total. The minimum atomic E-state index is -1.26. The fourth-order valence-corrected chi connectivity index (χ4v) is 1.42. The molecule has 0 saturated heterocycles. The van der Waals surface area contributed by atoms with Gasteiger partial charge in [-0.1, -0.05) is 11.2 Å². The molecule has 19 heavy (non-hydrogen) atoms. The van der Waals surface area contributed by atoms with E-state index < -0.39 is 11.9 Å². The quantitative estimate of drug-likeness (QED) is 0.822. The van der Waals surface area contributed by atoms with E-state index in [1.807, 2.05) is 18.2 Å². The van der Waals surface area contributed by atoms with Crippen LogP contribution in [0.15, 0.2) is 35.0 Å². The first-order chi connectivity index (χ1) is 9.16. The molecule has 2 N–H and O–H groups in total. The number of aromatic carboxylic acids is 1. The summed E-state index contributed by atoms with van der Waals surface area (Å²) >= 11 is 0. The molecule has 0 spiro atoms. The molecular weight excluding hydrogens is 250 g/mol. The highest BCUT2D eigenvalue weighted by Gasteiger charge is 2.15. The summed E-state index contributed by atoms with van der Waals surface area (Å²) in [5.74, 6) is -2.11. The Morgan fingerprint density at radius 1 is 1.37 bits per heavy atom. The minimum absolute atomic E-state index is 0.0570. The summed E-state index contributed by atoms with van der Waals surface area (Å²) < 4.78 is 4.49. The molecule has 0 fully saturated rings. The van der Waals surface area contributed by atoms with Gasteiger partial charge in [0.15, 0.2) is 5.69 Å². The lowest BCUT2D eigenvalue weighted by atomic mass is 10.2. The van der Waals surface area contributed by atoms with Gasteiger partial charge in [-0.05, 0) is 12.1 Å². The van der Waals surface area contributed by atoms with Crippen LogP contribution < -0.4 is 5.32 Å². The largest absolute Gasteiger partial charge is 0.475 e. The molecule has 0 bridgehead atoms. The van der Waals surface area contributed by atoms with Gasteiger partial charge in [-0.25, -0.2) is 4.79 Å². The Bertz CT molecular complexity index is 580. The van der Waals surface area contributed by atoms with Gasteiger partial charge < -0.3 is 14.9 Å². The van der Waals surface area contributed by atoms with Crippen molar-refractivity contribution in [3.63, 3.8) is 0 Å². The normalized spacial score (nSPS) is 10.1. The Morgan fingerprint density at radius 2 is 2.21 bits per heavy atom. The van der Waals surface area contributed by atoms with E-state index in [4.69, 9.17) is 5.11 Å². The highest BCUT2D eigenvalue weighted by Crippen LogP contribution is 2.03. The number of carbonyl (C=O) groups excluding carboxylic acids is 1. The first-order valence-electron chi connectivity index (χ1n) is 5.55. The lowest BCUT2D eigenvalue weighted by molar-refractivity contribution is 0.0651. The van der Waals surface area contributed by atoms with E-state index in [0.29, 0.717) is 13.0 Å². The molecular formula is C12H11N3O4. The van der Waals surface area contributed by atoms with Crippen molar-refractivity contribution >= 4 is 11.9 Å². The molecule has 2 rings (SSSR count). The van der Waals surface area contributed by atoms with Crippen molar-refractivity contribution in [2.45, 2.75) is 6.42 Å². The summed E-state index contributed by atoms with van der Waals surface area (Å²) in [6.45, 7) is 0.380. The van der Waals surface area contributed by atoms with Gasteiger partial charge in [-0.2, -0.15) is 0 Å². The van der Waals surface area contributed by atoms with Crippen LogP contribution in [0.3, 0.4) is 0 Å². The number of amides is 1. The molecule has 0 saturated carbocycles. The summed E-state index contributed by atoms with van der Waals surface area (Å²) in [7, 11) is 0. The van der Waals surface area contributed by atoms with Crippen LogP contribution in [0.5, 0.6) is 0 Å². The number of carboxylic acids is 1. The standard InChI is InChI=1S/C12H11N3O4/c16-11(9-7-10(12(17)18)19-15-9)14-6-4-8-3-1-2-5-13-8/h1-3,5,7H,4,6H2,(H,14,16)(H,17,18). The first-order valence-corrected chi connectivity index (χ1v) is 5.55. The van der Waals surface area contributed by atoms with Crippen LogP contribution in [0.2, 0.25) is 0 Å². The number of carbonyl (C=O) groups is 2. The molecule has 98 valence electrons. The van der Waals surface area contributed by atoms with E-state index in [1.54, 1.807) is 6.20 Å². The monoisotopic (exact) mass is 261 g/mol. The predicted octanol–water partition coefficient (Wildman–Crippen LogP) is 0.740. The Balaban J connectivity index is 1.85. The Kier molecular flexibility index (Phi) is 3.87. The third-order valence-electron chi connectivity index (χ3n) is 2.35. The average molecular weight is 261 g/mol. The SMILES string of the molecule is O=C(NCCc1ccccn1)c1cc(C(=O)O)on1. The lowest BCUT2D eigenvalue weighted by Gasteiger charge is -2.01. The van der Waals surface area contributed by atoms with E-state index in [9.17, 15) is 9.59 Å². The van der Waals surface area contributed by atoms with Crippen LogP contribution in [0.25, 0.3) is 0 Å². The molecule has 2 heterocycles. The highest BCUT2D eigenvalue weighted by atomic mass is 16.5. The number of rotatable bonds is 5. The predicted molar refractivity (Wildman–Crippen MR) is 63.7 cm³/mol. The first kappa shape index (κ1) is 12.7. The minimum Gasteiger partial charge on any atom is -0.475 e. The molecule has 0 unspecified atom stereocenters. The zero-order valence-corrected chi connectivity index (χ0v) is 9.87. The number of carboxylic acid groups (broad SMARTS) is 1. The van der Waals surface area contributed by atoms with E-state index in [2.05, 4.69) is 20.0 Å². The van der Waals surface area contributed by atoms with E-state index in [0.717, 1.165) is 11.8 Å². The van der Waals surface area contributed by atoms with Gasteiger partial charge in [0.2, 0.25) is 5.76 Å². The van der Waals surface area contributed by atoms with Gasteiger partial charge in [0, 0.05) is 30.9 Å². The third kappa shape index (κ3) is 3.38. The zero-order valence-electron chi connectivity index (χ0n) is 9.87. The van der Waals surface area contributed by atoms with Crippen molar-refractivity contribution in [2.75, 3.05) is 6.54 Å².